The summed E-state index contributed by atoms with van der Waals surface area (Å²) in [5, 5.41) is 8.72. The van der Waals surface area contributed by atoms with E-state index < -0.39 is 16.0 Å². The average Bonchev–Trinajstić information content (AvgIpc) is 2.77. The van der Waals surface area contributed by atoms with Crippen molar-refractivity contribution in [2.24, 2.45) is 0 Å². The van der Waals surface area contributed by atoms with Crippen LogP contribution in [0.2, 0.25) is 0 Å². The monoisotopic (exact) mass is 321 g/mol. The standard InChI is InChI=1S/C12H19NO5S2/c1-9(2)13(6-7-18-3)20(16,17)12-5-4-10(19-12)8-11(14)15/h4-5,9H,6-8H2,1-3H3,(H,14,15). The highest BCUT2D eigenvalue weighted by atomic mass is 32.2. The molecular formula is C12H19NO5S2. The Bertz CT molecular complexity index is 550. The predicted octanol–water partition coefficient (Wildman–Crippen LogP) is 1.42. The number of carbonyl (C=O) groups is 1. The Morgan fingerprint density at radius 1 is 1.45 bits per heavy atom. The second-order valence-corrected chi connectivity index (χ2v) is 7.78. The molecule has 0 aliphatic rings. The maximum absolute atomic E-state index is 12.5. The molecule has 0 radical (unpaired) electrons. The van der Waals surface area contributed by atoms with Crippen molar-refractivity contribution in [1.29, 1.82) is 0 Å². The van der Waals surface area contributed by atoms with Crippen LogP contribution in [0.5, 0.6) is 0 Å². The van der Waals surface area contributed by atoms with E-state index in [9.17, 15) is 13.2 Å². The molecule has 1 N–H and O–H groups in total. The molecule has 1 rings (SSSR count). The number of rotatable bonds is 8. The number of aliphatic carboxylic acids is 1. The first kappa shape index (κ1) is 17.1. The molecule has 0 bridgehead atoms. The number of methoxy groups -OCH3 is 1. The van der Waals surface area contributed by atoms with E-state index in [4.69, 9.17) is 9.84 Å². The highest BCUT2D eigenvalue weighted by Gasteiger charge is 2.28. The molecule has 0 aliphatic heterocycles. The summed E-state index contributed by atoms with van der Waals surface area (Å²) in [4.78, 5) is 11.2. The molecule has 0 saturated heterocycles. The summed E-state index contributed by atoms with van der Waals surface area (Å²) < 4.78 is 31.5. The van der Waals surface area contributed by atoms with Gasteiger partial charge in [0.05, 0.1) is 13.0 Å². The number of ether oxygens (including phenoxy) is 1. The molecule has 0 aliphatic carbocycles. The minimum atomic E-state index is -3.61. The van der Waals surface area contributed by atoms with Gasteiger partial charge in [-0.15, -0.1) is 11.3 Å². The van der Waals surface area contributed by atoms with Gasteiger partial charge >= 0.3 is 5.97 Å². The van der Waals surface area contributed by atoms with E-state index in [1.807, 2.05) is 0 Å². The second-order valence-electron chi connectivity index (χ2n) is 4.49. The van der Waals surface area contributed by atoms with Crippen molar-refractivity contribution >= 4 is 27.3 Å². The molecule has 114 valence electrons. The molecule has 1 heterocycles. The Labute approximate surface area is 123 Å². The fraction of sp³-hybridized carbons (Fsp3) is 0.583. The van der Waals surface area contributed by atoms with E-state index >= 15 is 0 Å². The van der Waals surface area contributed by atoms with Gasteiger partial charge in [-0.25, -0.2) is 8.42 Å². The Morgan fingerprint density at radius 3 is 2.60 bits per heavy atom. The number of hydrogen-bond acceptors (Lipinski definition) is 5. The van der Waals surface area contributed by atoms with Crippen LogP contribution < -0.4 is 0 Å². The van der Waals surface area contributed by atoms with Gasteiger partial charge in [0.2, 0.25) is 0 Å². The van der Waals surface area contributed by atoms with E-state index in [-0.39, 0.29) is 23.2 Å². The van der Waals surface area contributed by atoms with Gasteiger partial charge in [0.25, 0.3) is 10.0 Å². The summed E-state index contributed by atoms with van der Waals surface area (Å²) in [6, 6.07) is 2.81. The zero-order valence-electron chi connectivity index (χ0n) is 11.7. The topological polar surface area (TPSA) is 83.9 Å². The third kappa shape index (κ3) is 4.27. The molecule has 0 saturated carbocycles. The van der Waals surface area contributed by atoms with Gasteiger partial charge in [-0.05, 0) is 26.0 Å². The lowest BCUT2D eigenvalue weighted by Crippen LogP contribution is -2.38. The highest BCUT2D eigenvalue weighted by Crippen LogP contribution is 2.26. The maximum atomic E-state index is 12.5. The van der Waals surface area contributed by atoms with E-state index in [2.05, 4.69) is 0 Å². The summed E-state index contributed by atoms with van der Waals surface area (Å²) >= 11 is 0.996. The molecule has 20 heavy (non-hydrogen) atoms. The summed E-state index contributed by atoms with van der Waals surface area (Å²) in [6.45, 7) is 4.16. The summed E-state index contributed by atoms with van der Waals surface area (Å²) in [7, 11) is -2.09. The van der Waals surface area contributed by atoms with Gasteiger partial charge in [-0.2, -0.15) is 4.31 Å². The molecule has 0 fully saturated rings. The molecule has 0 atom stereocenters. The van der Waals surface area contributed by atoms with Crippen LogP contribution >= 0.6 is 11.3 Å². The minimum Gasteiger partial charge on any atom is -0.481 e. The van der Waals surface area contributed by atoms with Gasteiger partial charge in [-0.3, -0.25) is 4.79 Å². The summed E-state index contributed by atoms with van der Waals surface area (Å²) in [6.07, 6.45) is -0.167. The summed E-state index contributed by atoms with van der Waals surface area (Å²) in [5.41, 5.74) is 0. The van der Waals surface area contributed by atoms with E-state index in [0.29, 0.717) is 11.5 Å². The fourth-order valence-corrected chi connectivity index (χ4v) is 4.79. The molecular weight excluding hydrogens is 302 g/mol. The van der Waals surface area contributed by atoms with E-state index in [1.165, 1.54) is 17.5 Å². The predicted molar refractivity (Wildman–Crippen MR) is 76.6 cm³/mol. The molecule has 0 amide bonds. The molecule has 6 nitrogen and oxygen atoms in total. The van der Waals surface area contributed by atoms with Gasteiger partial charge < -0.3 is 9.84 Å². The van der Waals surface area contributed by atoms with Gasteiger partial charge in [0, 0.05) is 24.6 Å². The van der Waals surface area contributed by atoms with Gasteiger partial charge in [-0.1, -0.05) is 0 Å². The molecule has 0 spiro atoms. The lowest BCUT2D eigenvalue weighted by Gasteiger charge is -2.24. The van der Waals surface area contributed by atoms with Crippen LogP contribution in [0.1, 0.15) is 18.7 Å². The number of carboxylic acids is 1. The normalized spacial score (nSPS) is 12.2. The quantitative estimate of drug-likeness (QED) is 0.783. The van der Waals surface area contributed by atoms with Crippen LogP contribution in [0, 0.1) is 0 Å². The van der Waals surface area contributed by atoms with E-state index in [1.54, 1.807) is 19.9 Å². The Balaban J connectivity index is 3.00. The first-order valence-electron chi connectivity index (χ1n) is 6.10. The van der Waals surface area contributed by atoms with Crippen LogP contribution in [0.25, 0.3) is 0 Å². The smallest absolute Gasteiger partial charge is 0.308 e. The van der Waals surface area contributed by atoms with Gasteiger partial charge in [0.15, 0.2) is 0 Å². The van der Waals surface area contributed by atoms with Crippen molar-refractivity contribution in [3.63, 3.8) is 0 Å². The first-order chi connectivity index (χ1) is 9.28. The van der Waals surface area contributed by atoms with Crippen molar-refractivity contribution in [2.45, 2.75) is 30.5 Å². The molecule has 1 aromatic rings. The van der Waals surface area contributed by atoms with Crippen molar-refractivity contribution in [2.75, 3.05) is 20.3 Å². The number of thiophene rings is 1. The average molecular weight is 321 g/mol. The fourth-order valence-electron chi connectivity index (χ4n) is 1.69. The van der Waals surface area contributed by atoms with Crippen LogP contribution in [0.15, 0.2) is 16.3 Å². The second kappa shape index (κ2) is 7.16. The third-order valence-corrected chi connectivity index (χ3v) is 6.25. The Hall–Kier alpha value is -0.960. The molecule has 0 aromatic carbocycles. The Kier molecular flexibility index (Phi) is 6.12. The lowest BCUT2D eigenvalue weighted by atomic mass is 10.3. The number of sulfonamides is 1. The van der Waals surface area contributed by atoms with Crippen LogP contribution in [0.3, 0.4) is 0 Å². The zero-order valence-corrected chi connectivity index (χ0v) is 13.3. The lowest BCUT2D eigenvalue weighted by molar-refractivity contribution is -0.136. The minimum absolute atomic E-state index is 0.165. The van der Waals surface area contributed by atoms with Gasteiger partial charge in [0.1, 0.15) is 4.21 Å². The number of hydrogen-bond donors (Lipinski definition) is 1. The van der Waals surface area contributed by atoms with Crippen molar-refractivity contribution in [3.8, 4) is 0 Å². The van der Waals surface area contributed by atoms with Crippen molar-refractivity contribution in [1.82, 2.24) is 4.31 Å². The Morgan fingerprint density at radius 2 is 2.10 bits per heavy atom. The molecule has 0 unspecified atom stereocenters. The maximum Gasteiger partial charge on any atom is 0.308 e. The van der Waals surface area contributed by atoms with Crippen molar-refractivity contribution in [3.05, 3.63) is 17.0 Å². The molecule has 8 heteroatoms. The molecule has 1 aromatic heterocycles. The van der Waals surface area contributed by atoms with Crippen molar-refractivity contribution < 1.29 is 23.1 Å². The highest BCUT2D eigenvalue weighted by molar-refractivity contribution is 7.91. The van der Waals surface area contributed by atoms with Crippen LogP contribution in [-0.4, -0.2) is 50.1 Å². The zero-order chi connectivity index (χ0) is 15.3. The largest absolute Gasteiger partial charge is 0.481 e. The number of nitrogens with zero attached hydrogens (tertiary/aromatic N) is 1. The first-order valence-corrected chi connectivity index (χ1v) is 8.36. The summed E-state index contributed by atoms with van der Waals surface area (Å²) in [5.74, 6) is -0.976. The van der Waals surface area contributed by atoms with E-state index in [0.717, 1.165) is 11.3 Å². The van der Waals surface area contributed by atoms with Crippen LogP contribution in [0.4, 0.5) is 0 Å². The van der Waals surface area contributed by atoms with Crippen LogP contribution in [-0.2, 0) is 26.0 Å². The third-order valence-electron chi connectivity index (χ3n) is 2.62. The number of carboxylic acid groups (broad SMARTS) is 1. The SMILES string of the molecule is COCCN(C(C)C)S(=O)(=O)c1ccc(CC(=O)O)s1.